The van der Waals surface area contributed by atoms with Gasteiger partial charge in [-0.15, -0.1) is 0 Å². The zero-order chi connectivity index (χ0) is 11.8. The average molecular weight is 230 g/mol. The standard InChI is InChI=1S/C11H13F3N2/c12-11(13,14)10-8(5-6-9(15)16-10)7-3-1-2-4-7/h5-7H,1-4H2,(H2,15,16). The van der Waals surface area contributed by atoms with Crippen LogP contribution in [-0.4, -0.2) is 4.98 Å². The van der Waals surface area contributed by atoms with Gasteiger partial charge in [0.2, 0.25) is 0 Å². The fourth-order valence-electron chi connectivity index (χ4n) is 2.28. The van der Waals surface area contributed by atoms with Crippen LogP contribution < -0.4 is 5.73 Å². The SMILES string of the molecule is Nc1ccc(C2CCCC2)c(C(F)(F)F)n1. The average Bonchev–Trinajstić information content (AvgIpc) is 2.69. The van der Waals surface area contributed by atoms with E-state index < -0.39 is 11.9 Å². The van der Waals surface area contributed by atoms with Crippen LogP contribution in [0.3, 0.4) is 0 Å². The number of aromatic nitrogens is 1. The maximum absolute atomic E-state index is 12.8. The van der Waals surface area contributed by atoms with E-state index in [1.54, 1.807) is 0 Å². The molecule has 1 aliphatic rings. The first-order valence-electron chi connectivity index (χ1n) is 5.32. The van der Waals surface area contributed by atoms with Crippen LogP contribution in [-0.2, 0) is 6.18 Å². The molecule has 0 unspecified atom stereocenters. The summed E-state index contributed by atoms with van der Waals surface area (Å²) in [7, 11) is 0. The Morgan fingerprint density at radius 1 is 1.19 bits per heavy atom. The van der Waals surface area contributed by atoms with E-state index in [1.807, 2.05) is 0 Å². The summed E-state index contributed by atoms with van der Waals surface area (Å²) in [4.78, 5) is 3.44. The van der Waals surface area contributed by atoms with Gasteiger partial charge in [0.05, 0.1) is 0 Å². The van der Waals surface area contributed by atoms with Gasteiger partial charge in [0.15, 0.2) is 0 Å². The number of halogens is 3. The Hall–Kier alpha value is -1.26. The Morgan fingerprint density at radius 2 is 1.81 bits per heavy atom. The lowest BCUT2D eigenvalue weighted by Crippen LogP contribution is -2.14. The van der Waals surface area contributed by atoms with E-state index in [2.05, 4.69) is 4.98 Å². The largest absolute Gasteiger partial charge is 0.433 e. The lowest BCUT2D eigenvalue weighted by Gasteiger charge is -2.16. The molecule has 0 aromatic carbocycles. The van der Waals surface area contributed by atoms with Crippen LogP contribution in [0.15, 0.2) is 12.1 Å². The number of pyridine rings is 1. The Labute approximate surface area is 91.7 Å². The highest BCUT2D eigenvalue weighted by molar-refractivity contribution is 5.37. The zero-order valence-electron chi connectivity index (χ0n) is 8.72. The zero-order valence-corrected chi connectivity index (χ0v) is 8.72. The fourth-order valence-corrected chi connectivity index (χ4v) is 2.28. The minimum Gasteiger partial charge on any atom is -0.384 e. The molecule has 16 heavy (non-hydrogen) atoms. The molecule has 2 rings (SSSR count). The van der Waals surface area contributed by atoms with Crippen LogP contribution in [0.5, 0.6) is 0 Å². The van der Waals surface area contributed by atoms with Crippen LogP contribution >= 0.6 is 0 Å². The van der Waals surface area contributed by atoms with Gasteiger partial charge in [-0.05, 0) is 30.4 Å². The molecular formula is C11H13F3N2. The first-order chi connectivity index (χ1) is 7.48. The fraction of sp³-hybridized carbons (Fsp3) is 0.545. The first-order valence-corrected chi connectivity index (χ1v) is 5.32. The van der Waals surface area contributed by atoms with E-state index in [9.17, 15) is 13.2 Å². The van der Waals surface area contributed by atoms with Crippen LogP contribution in [0.25, 0.3) is 0 Å². The highest BCUT2D eigenvalue weighted by atomic mass is 19.4. The summed E-state index contributed by atoms with van der Waals surface area (Å²) in [6.45, 7) is 0. The van der Waals surface area contributed by atoms with Gasteiger partial charge < -0.3 is 5.73 Å². The number of rotatable bonds is 1. The smallest absolute Gasteiger partial charge is 0.384 e. The summed E-state index contributed by atoms with van der Waals surface area (Å²) in [6.07, 6.45) is -0.796. The molecule has 2 N–H and O–H groups in total. The van der Waals surface area contributed by atoms with Crippen LogP contribution in [0, 0.1) is 0 Å². The number of nitrogens with zero attached hydrogens (tertiary/aromatic N) is 1. The Balaban J connectivity index is 2.43. The first kappa shape index (κ1) is 11.2. The van der Waals surface area contributed by atoms with Gasteiger partial charge in [-0.25, -0.2) is 4.98 Å². The number of alkyl halides is 3. The summed E-state index contributed by atoms with van der Waals surface area (Å²) in [5, 5.41) is 0. The van der Waals surface area contributed by atoms with Crippen molar-refractivity contribution in [1.82, 2.24) is 4.98 Å². The third-order valence-corrected chi connectivity index (χ3v) is 3.01. The highest BCUT2D eigenvalue weighted by Gasteiger charge is 2.37. The van der Waals surface area contributed by atoms with Gasteiger partial charge in [0, 0.05) is 0 Å². The van der Waals surface area contributed by atoms with Crippen molar-refractivity contribution in [3.05, 3.63) is 23.4 Å². The van der Waals surface area contributed by atoms with Crippen molar-refractivity contribution in [2.75, 3.05) is 5.73 Å². The molecule has 1 heterocycles. The Kier molecular flexibility index (Phi) is 2.78. The minimum absolute atomic E-state index is 0.00951. The van der Waals surface area contributed by atoms with Crippen LogP contribution in [0.4, 0.5) is 19.0 Å². The number of anilines is 1. The third kappa shape index (κ3) is 2.13. The topological polar surface area (TPSA) is 38.9 Å². The van der Waals surface area contributed by atoms with E-state index in [1.165, 1.54) is 12.1 Å². The van der Waals surface area contributed by atoms with Gasteiger partial charge in [0.25, 0.3) is 0 Å². The van der Waals surface area contributed by atoms with E-state index in [4.69, 9.17) is 5.73 Å². The molecule has 5 heteroatoms. The third-order valence-electron chi connectivity index (χ3n) is 3.01. The molecule has 0 saturated heterocycles. The second-order valence-corrected chi connectivity index (χ2v) is 4.15. The van der Waals surface area contributed by atoms with Crippen LogP contribution in [0.2, 0.25) is 0 Å². The van der Waals surface area contributed by atoms with Crippen molar-refractivity contribution in [2.45, 2.75) is 37.8 Å². The van der Waals surface area contributed by atoms with Crippen molar-refractivity contribution < 1.29 is 13.2 Å². The molecule has 2 nitrogen and oxygen atoms in total. The predicted molar refractivity (Wildman–Crippen MR) is 54.9 cm³/mol. The molecule has 1 aromatic heterocycles. The van der Waals surface area contributed by atoms with E-state index in [0.29, 0.717) is 5.56 Å². The van der Waals surface area contributed by atoms with E-state index >= 15 is 0 Å². The summed E-state index contributed by atoms with van der Waals surface area (Å²) in [5.74, 6) is -0.0844. The molecule has 0 aliphatic heterocycles. The summed E-state index contributed by atoms with van der Waals surface area (Å²) in [5.41, 5.74) is 4.81. The highest BCUT2D eigenvalue weighted by Crippen LogP contribution is 2.40. The molecule has 0 spiro atoms. The summed E-state index contributed by atoms with van der Waals surface area (Å²) >= 11 is 0. The molecule has 1 saturated carbocycles. The molecule has 88 valence electrons. The maximum atomic E-state index is 12.8. The van der Waals surface area contributed by atoms with Crippen LogP contribution in [0.1, 0.15) is 42.9 Å². The van der Waals surface area contributed by atoms with Gasteiger partial charge in [-0.2, -0.15) is 13.2 Å². The van der Waals surface area contributed by atoms with Gasteiger partial charge in [-0.1, -0.05) is 18.9 Å². The second kappa shape index (κ2) is 3.96. The van der Waals surface area contributed by atoms with E-state index in [0.717, 1.165) is 25.7 Å². The number of nitrogens with two attached hydrogens (primary N) is 1. The van der Waals surface area contributed by atoms with Crippen molar-refractivity contribution >= 4 is 5.82 Å². The number of hydrogen-bond donors (Lipinski definition) is 1. The molecule has 0 bridgehead atoms. The van der Waals surface area contributed by atoms with Gasteiger partial charge in [0.1, 0.15) is 11.5 Å². The van der Waals surface area contributed by atoms with Crippen molar-refractivity contribution in [2.24, 2.45) is 0 Å². The lowest BCUT2D eigenvalue weighted by molar-refractivity contribution is -0.141. The molecule has 0 atom stereocenters. The van der Waals surface area contributed by atoms with Crippen molar-refractivity contribution in [3.8, 4) is 0 Å². The predicted octanol–water partition coefficient (Wildman–Crippen LogP) is 3.34. The molecule has 1 fully saturated rings. The molecule has 1 aromatic rings. The van der Waals surface area contributed by atoms with Gasteiger partial charge in [-0.3, -0.25) is 0 Å². The molecular weight excluding hydrogens is 217 g/mol. The molecule has 0 amide bonds. The lowest BCUT2D eigenvalue weighted by atomic mass is 9.96. The quantitative estimate of drug-likeness (QED) is 0.803. The molecule has 1 aliphatic carbocycles. The summed E-state index contributed by atoms with van der Waals surface area (Å²) in [6, 6.07) is 2.92. The molecule has 0 radical (unpaired) electrons. The maximum Gasteiger partial charge on any atom is 0.433 e. The Bertz CT molecular complexity index is 381. The Morgan fingerprint density at radius 3 is 2.38 bits per heavy atom. The second-order valence-electron chi connectivity index (χ2n) is 4.15. The monoisotopic (exact) mass is 230 g/mol. The number of hydrogen-bond acceptors (Lipinski definition) is 2. The van der Waals surface area contributed by atoms with Gasteiger partial charge >= 0.3 is 6.18 Å². The minimum atomic E-state index is -4.41. The van der Waals surface area contributed by atoms with Crippen molar-refractivity contribution in [1.29, 1.82) is 0 Å². The normalized spacial score (nSPS) is 17.9. The van der Waals surface area contributed by atoms with Crippen molar-refractivity contribution in [3.63, 3.8) is 0 Å². The summed E-state index contributed by atoms with van der Waals surface area (Å²) < 4.78 is 38.3. The van der Waals surface area contributed by atoms with E-state index in [-0.39, 0.29) is 11.7 Å². The number of nitrogen functional groups attached to an aromatic ring is 1.